The van der Waals surface area contributed by atoms with Gasteiger partial charge in [-0.3, -0.25) is 4.79 Å². The Morgan fingerprint density at radius 1 is 1.03 bits per heavy atom. The van der Waals surface area contributed by atoms with Crippen molar-refractivity contribution in [3.63, 3.8) is 0 Å². The summed E-state index contributed by atoms with van der Waals surface area (Å²) in [5.74, 6) is 0.750. The number of carbonyl (C=O) groups is 1. The number of carbonyl (C=O) groups excluding carboxylic acids is 1. The van der Waals surface area contributed by atoms with Crippen molar-refractivity contribution in [1.29, 1.82) is 0 Å². The molecule has 0 bridgehead atoms. The second-order valence-corrected chi connectivity index (χ2v) is 8.32. The molecule has 30 heavy (non-hydrogen) atoms. The normalized spacial score (nSPS) is 14.3. The topological polar surface area (TPSA) is 54.3 Å². The van der Waals surface area contributed by atoms with Crippen LogP contribution in [0.5, 0.6) is 0 Å². The fraction of sp³-hybridized carbons (Fsp3) is 0.286. The maximum Gasteiger partial charge on any atom is 0.259 e. The number of aromatic nitrogens is 3. The number of hydrogen-bond acceptors (Lipinski definition) is 4. The van der Waals surface area contributed by atoms with Gasteiger partial charge in [0.2, 0.25) is 0 Å². The van der Waals surface area contributed by atoms with Gasteiger partial charge in [-0.15, -0.1) is 0 Å². The zero-order chi connectivity index (χ0) is 21.3. The standard InChI is InChI=1S/C21H20Cl3N5O/c1-14-19(20(24)29(26-14)13-15-4-2-3-5-17(15)23)21(30)28-10-8-27(9-11-28)18-7-6-16(22)12-25-18/h2-7,12H,8-11,13H2,1H3. The highest BCUT2D eigenvalue weighted by Gasteiger charge is 2.28. The fourth-order valence-electron chi connectivity index (χ4n) is 3.54. The van der Waals surface area contributed by atoms with E-state index in [0.29, 0.717) is 59.2 Å². The van der Waals surface area contributed by atoms with E-state index in [1.807, 2.05) is 41.3 Å². The van der Waals surface area contributed by atoms with Crippen LogP contribution >= 0.6 is 34.8 Å². The Kier molecular flexibility index (Phi) is 6.18. The van der Waals surface area contributed by atoms with E-state index in [1.54, 1.807) is 17.8 Å². The van der Waals surface area contributed by atoms with Crippen LogP contribution in [-0.2, 0) is 6.54 Å². The van der Waals surface area contributed by atoms with Gasteiger partial charge in [0.1, 0.15) is 11.0 Å². The molecule has 1 amide bonds. The molecule has 0 aliphatic carbocycles. The third kappa shape index (κ3) is 4.26. The highest BCUT2D eigenvalue weighted by Crippen LogP contribution is 2.25. The molecule has 1 saturated heterocycles. The van der Waals surface area contributed by atoms with Crippen LogP contribution < -0.4 is 4.90 Å². The molecule has 6 nitrogen and oxygen atoms in total. The summed E-state index contributed by atoms with van der Waals surface area (Å²) in [4.78, 5) is 21.5. The quantitative estimate of drug-likeness (QED) is 0.568. The van der Waals surface area contributed by atoms with E-state index in [0.717, 1.165) is 11.4 Å². The van der Waals surface area contributed by atoms with Gasteiger partial charge in [-0.25, -0.2) is 9.67 Å². The summed E-state index contributed by atoms with van der Waals surface area (Å²) in [5, 5.41) is 6.06. The molecule has 1 aliphatic rings. The second-order valence-electron chi connectivity index (χ2n) is 7.11. The van der Waals surface area contributed by atoms with Gasteiger partial charge in [-0.05, 0) is 30.7 Å². The average molecular weight is 465 g/mol. The minimum Gasteiger partial charge on any atom is -0.353 e. The van der Waals surface area contributed by atoms with Crippen molar-refractivity contribution in [3.8, 4) is 0 Å². The molecule has 1 fully saturated rings. The maximum absolute atomic E-state index is 13.2. The molecule has 156 valence electrons. The van der Waals surface area contributed by atoms with Gasteiger partial charge >= 0.3 is 0 Å². The number of hydrogen-bond donors (Lipinski definition) is 0. The molecule has 0 atom stereocenters. The van der Waals surface area contributed by atoms with Crippen LogP contribution in [0, 0.1) is 6.92 Å². The molecule has 3 aromatic rings. The Morgan fingerprint density at radius 3 is 2.43 bits per heavy atom. The van der Waals surface area contributed by atoms with E-state index in [1.165, 1.54) is 0 Å². The van der Waals surface area contributed by atoms with Crippen LogP contribution in [0.25, 0.3) is 0 Å². The Hall–Kier alpha value is -2.28. The van der Waals surface area contributed by atoms with E-state index < -0.39 is 0 Å². The lowest BCUT2D eigenvalue weighted by Crippen LogP contribution is -2.49. The van der Waals surface area contributed by atoms with Gasteiger partial charge in [0.25, 0.3) is 5.91 Å². The van der Waals surface area contributed by atoms with Crippen molar-refractivity contribution >= 4 is 46.5 Å². The first-order valence-corrected chi connectivity index (χ1v) is 10.7. The summed E-state index contributed by atoms with van der Waals surface area (Å²) < 4.78 is 1.62. The lowest BCUT2D eigenvalue weighted by atomic mass is 10.2. The van der Waals surface area contributed by atoms with Crippen LogP contribution in [0.15, 0.2) is 42.6 Å². The Bertz CT molecular complexity index is 1060. The molecule has 0 saturated carbocycles. The summed E-state index contributed by atoms with van der Waals surface area (Å²) in [6, 6.07) is 11.2. The SMILES string of the molecule is Cc1nn(Cc2ccccc2Cl)c(Cl)c1C(=O)N1CCN(c2ccc(Cl)cn2)CC1. The van der Waals surface area contributed by atoms with Crippen molar-refractivity contribution in [2.75, 3.05) is 31.1 Å². The molecule has 1 aromatic carbocycles. The van der Waals surface area contributed by atoms with E-state index in [9.17, 15) is 4.79 Å². The summed E-state index contributed by atoms with van der Waals surface area (Å²) in [6.07, 6.45) is 1.63. The van der Waals surface area contributed by atoms with Gasteiger partial charge in [0, 0.05) is 37.4 Å². The largest absolute Gasteiger partial charge is 0.353 e. The molecule has 0 unspecified atom stereocenters. The number of benzene rings is 1. The minimum atomic E-state index is -0.105. The van der Waals surface area contributed by atoms with Crippen molar-refractivity contribution < 1.29 is 4.79 Å². The van der Waals surface area contributed by atoms with Crippen LogP contribution in [0.2, 0.25) is 15.2 Å². The van der Waals surface area contributed by atoms with Gasteiger partial charge in [-0.2, -0.15) is 5.10 Å². The summed E-state index contributed by atoms with van der Waals surface area (Å²) in [7, 11) is 0. The Labute approximate surface area is 190 Å². The van der Waals surface area contributed by atoms with Crippen molar-refractivity contribution in [3.05, 3.63) is 74.6 Å². The van der Waals surface area contributed by atoms with Crippen LogP contribution in [0.4, 0.5) is 5.82 Å². The van der Waals surface area contributed by atoms with E-state index in [-0.39, 0.29) is 5.91 Å². The molecule has 9 heteroatoms. The minimum absolute atomic E-state index is 0.105. The number of aryl methyl sites for hydroxylation is 1. The van der Waals surface area contributed by atoms with Crippen LogP contribution in [-0.4, -0.2) is 51.8 Å². The highest BCUT2D eigenvalue weighted by molar-refractivity contribution is 6.33. The summed E-state index contributed by atoms with van der Waals surface area (Å²) in [5.41, 5.74) is 1.95. The molecule has 3 heterocycles. The van der Waals surface area contributed by atoms with Gasteiger partial charge < -0.3 is 9.80 Å². The Morgan fingerprint density at radius 2 is 1.77 bits per heavy atom. The molecule has 0 spiro atoms. The predicted octanol–water partition coefficient (Wildman–Crippen LogP) is 4.56. The van der Waals surface area contributed by atoms with Crippen molar-refractivity contribution in [2.24, 2.45) is 0 Å². The zero-order valence-electron chi connectivity index (χ0n) is 16.4. The van der Waals surface area contributed by atoms with Gasteiger partial charge in [-0.1, -0.05) is 53.0 Å². The number of rotatable bonds is 4. The van der Waals surface area contributed by atoms with Crippen molar-refractivity contribution in [1.82, 2.24) is 19.7 Å². The lowest BCUT2D eigenvalue weighted by molar-refractivity contribution is 0.0746. The van der Waals surface area contributed by atoms with E-state index in [4.69, 9.17) is 34.8 Å². The predicted molar refractivity (Wildman–Crippen MR) is 120 cm³/mol. The van der Waals surface area contributed by atoms with Gasteiger partial charge in [0.05, 0.1) is 22.8 Å². The Balaban J connectivity index is 1.47. The molecule has 0 N–H and O–H groups in total. The third-order valence-corrected chi connectivity index (χ3v) is 6.14. The van der Waals surface area contributed by atoms with Crippen LogP contribution in [0.3, 0.4) is 0 Å². The number of amides is 1. The monoisotopic (exact) mass is 463 g/mol. The molecular weight excluding hydrogens is 445 g/mol. The number of anilines is 1. The van der Waals surface area contributed by atoms with E-state index in [2.05, 4.69) is 15.0 Å². The maximum atomic E-state index is 13.2. The lowest BCUT2D eigenvalue weighted by Gasteiger charge is -2.35. The van der Waals surface area contributed by atoms with Gasteiger partial charge in [0.15, 0.2) is 0 Å². The molecular formula is C21H20Cl3N5O. The average Bonchev–Trinajstić information content (AvgIpc) is 3.03. The van der Waals surface area contributed by atoms with E-state index >= 15 is 0 Å². The van der Waals surface area contributed by atoms with Crippen molar-refractivity contribution in [2.45, 2.75) is 13.5 Å². The first-order valence-electron chi connectivity index (χ1n) is 9.56. The molecule has 1 aliphatic heterocycles. The first-order chi connectivity index (χ1) is 14.4. The zero-order valence-corrected chi connectivity index (χ0v) is 18.6. The number of piperazine rings is 1. The number of nitrogens with zero attached hydrogens (tertiary/aromatic N) is 5. The summed E-state index contributed by atoms with van der Waals surface area (Å²) in [6.45, 7) is 4.73. The first kappa shape index (κ1) is 21.0. The number of halogens is 3. The van der Waals surface area contributed by atoms with Crippen LogP contribution in [0.1, 0.15) is 21.6 Å². The molecule has 0 radical (unpaired) electrons. The molecule has 2 aromatic heterocycles. The fourth-order valence-corrected chi connectivity index (χ4v) is 4.16. The molecule has 4 rings (SSSR count). The highest BCUT2D eigenvalue weighted by atomic mass is 35.5. The third-order valence-electron chi connectivity index (χ3n) is 5.16. The summed E-state index contributed by atoms with van der Waals surface area (Å²) >= 11 is 18.7. The number of pyridine rings is 1. The second kappa shape index (κ2) is 8.84. The smallest absolute Gasteiger partial charge is 0.259 e.